The van der Waals surface area contributed by atoms with Gasteiger partial charge in [0, 0.05) is 6.04 Å². The van der Waals surface area contributed by atoms with Crippen molar-refractivity contribution in [2.75, 3.05) is 6.54 Å². The quantitative estimate of drug-likeness (QED) is 0.748. The summed E-state index contributed by atoms with van der Waals surface area (Å²) < 4.78 is 5.86. The van der Waals surface area contributed by atoms with Crippen molar-refractivity contribution < 1.29 is 19.4 Å². The standard InChI is InChI=1S/C14H17NO4/c16-12-11-10(13(17)18)9-5-6-14(11,19-9)7-15(12)8-3-1-2-4-8/h5-6,8-11H,1-4,7H2,(H,17,18)/t9-,10+,11+,14+/m0/s1. The molecular weight excluding hydrogens is 246 g/mol. The minimum absolute atomic E-state index is 0.00819. The molecule has 1 amide bonds. The molecule has 2 saturated heterocycles. The van der Waals surface area contributed by atoms with Crippen LogP contribution in [-0.2, 0) is 14.3 Å². The molecule has 1 aliphatic carbocycles. The van der Waals surface area contributed by atoms with Crippen molar-refractivity contribution in [2.24, 2.45) is 11.8 Å². The second-order valence-corrected chi connectivity index (χ2v) is 6.14. The Kier molecular flexibility index (Phi) is 2.17. The highest BCUT2D eigenvalue weighted by molar-refractivity contribution is 5.91. The number of nitrogens with zero attached hydrogens (tertiary/aromatic N) is 1. The average molecular weight is 263 g/mol. The molecule has 4 atom stereocenters. The van der Waals surface area contributed by atoms with E-state index in [0.717, 1.165) is 25.7 Å². The van der Waals surface area contributed by atoms with Crippen LogP contribution >= 0.6 is 0 Å². The lowest BCUT2D eigenvalue weighted by Crippen LogP contribution is -2.40. The summed E-state index contributed by atoms with van der Waals surface area (Å²) in [6.07, 6.45) is 7.73. The molecule has 1 spiro atoms. The molecule has 1 saturated carbocycles. The van der Waals surface area contributed by atoms with Gasteiger partial charge in [-0.2, -0.15) is 0 Å². The van der Waals surface area contributed by atoms with Crippen molar-refractivity contribution in [1.82, 2.24) is 4.90 Å². The summed E-state index contributed by atoms with van der Waals surface area (Å²) >= 11 is 0. The van der Waals surface area contributed by atoms with E-state index in [1.807, 2.05) is 17.1 Å². The van der Waals surface area contributed by atoms with E-state index >= 15 is 0 Å². The van der Waals surface area contributed by atoms with Gasteiger partial charge in [0.1, 0.15) is 11.5 Å². The topological polar surface area (TPSA) is 66.8 Å². The first kappa shape index (κ1) is 11.5. The van der Waals surface area contributed by atoms with Crippen molar-refractivity contribution in [3.05, 3.63) is 12.2 Å². The highest BCUT2D eigenvalue weighted by Gasteiger charge is 2.67. The molecule has 5 heteroatoms. The lowest BCUT2D eigenvalue weighted by atomic mass is 9.77. The number of carboxylic acid groups (broad SMARTS) is 1. The fourth-order valence-corrected chi connectivity index (χ4v) is 4.34. The minimum atomic E-state index is -0.914. The van der Waals surface area contributed by atoms with Gasteiger partial charge in [0.05, 0.1) is 18.6 Å². The van der Waals surface area contributed by atoms with Gasteiger partial charge in [0.25, 0.3) is 0 Å². The zero-order chi connectivity index (χ0) is 13.2. The highest BCUT2D eigenvalue weighted by atomic mass is 16.5. The van der Waals surface area contributed by atoms with Crippen LogP contribution in [0.1, 0.15) is 25.7 Å². The number of aliphatic carboxylic acids is 1. The number of likely N-dealkylation sites (tertiary alicyclic amines) is 1. The molecule has 102 valence electrons. The van der Waals surface area contributed by atoms with E-state index in [4.69, 9.17) is 4.74 Å². The van der Waals surface area contributed by atoms with Crippen molar-refractivity contribution in [3.63, 3.8) is 0 Å². The Morgan fingerprint density at radius 3 is 2.84 bits per heavy atom. The van der Waals surface area contributed by atoms with E-state index < -0.39 is 29.5 Å². The van der Waals surface area contributed by atoms with Crippen molar-refractivity contribution in [3.8, 4) is 0 Å². The number of rotatable bonds is 2. The van der Waals surface area contributed by atoms with E-state index in [9.17, 15) is 14.7 Å². The molecule has 4 aliphatic rings. The van der Waals surface area contributed by atoms with E-state index in [2.05, 4.69) is 0 Å². The molecule has 19 heavy (non-hydrogen) atoms. The maximum Gasteiger partial charge on any atom is 0.310 e. The summed E-state index contributed by atoms with van der Waals surface area (Å²) in [6, 6.07) is 0.290. The predicted octanol–water partition coefficient (Wildman–Crippen LogP) is 0.796. The molecule has 3 fully saturated rings. The molecule has 3 aliphatic heterocycles. The molecular formula is C14H17NO4. The third-order valence-corrected chi connectivity index (χ3v) is 5.18. The highest BCUT2D eigenvalue weighted by Crippen LogP contribution is 2.52. The molecule has 0 radical (unpaired) electrons. The number of hydrogen-bond donors (Lipinski definition) is 1. The summed E-state index contributed by atoms with van der Waals surface area (Å²) in [5.74, 6) is -2.14. The molecule has 0 aromatic carbocycles. The van der Waals surface area contributed by atoms with Gasteiger partial charge in [-0.05, 0) is 12.8 Å². The summed E-state index contributed by atoms with van der Waals surface area (Å²) in [7, 11) is 0. The third kappa shape index (κ3) is 1.34. The maximum absolute atomic E-state index is 12.6. The van der Waals surface area contributed by atoms with Gasteiger partial charge < -0.3 is 14.7 Å². The van der Waals surface area contributed by atoms with Crippen LogP contribution in [0.2, 0.25) is 0 Å². The fourth-order valence-electron chi connectivity index (χ4n) is 4.34. The lowest BCUT2D eigenvalue weighted by Gasteiger charge is -2.26. The zero-order valence-electron chi connectivity index (χ0n) is 10.6. The molecule has 3 heterocycles. The molecule has 0 aromatic rings. The Hall–Kier alpha value is -1.36. The molecule has 1 N–H and O–H groups in total. The second-order valence-electron chi connectivity index (χ2n) is 6.14. The average Bonchev–Trinajstić information content (AvgIpc) is 3.09. The Bertz CT molecular complexity index is 482. The molecule has 2 bridgehead atoms. The van der Waals surface area contributed by atoms with Gasteiger partial charge in [-0.25, -0.2) is 0 Å². The van der Waals surface area contributed by atoms with Crippen molar-refractivity contribution in [2.45, 2.75) is 43.4 Å². The SMILES string of the molecule is O=C(O)[C@@H]1[C@@H]2C=C[C@]3(CN(C4CCCC4)C(=O)[C@@H]13)O2. The van der Waals surface area contributed by atoms with Crippen LogP contribution in [-0.4, -0.2) is 46.2 Å². The first-order valence-corrected chi connectivity index (χ1v) is 7.03. The van der Waals surface area contributed by atoms with E-state index in [1.54, 1.807) is 0 Å². The Balaban J connectivity index is 1.69. The lowest BCUT2D eigenvalue weighted by molar-refractivity contribution is -0.148. The van der Waals surface area contributed by atoms with Gasteiger partial charge in [-0.15, -0.1) is 0 Å². The maximum atomic E-state index is 12.6. The van der Waals surface area contributed by atoms with Crippen LogP contribution in [0.5, 0.6) is 0 Å². The van der Waals surface area contributed by atoms with Gasteiger partial charge >= 0.3 is 5.97 Å². The molecule has 4 rings (SSSR count). The minimum Gasteiger partial charge on any atom is -0.481 e. The number of amides is 1. The van der Waals surface area contributed by atoms with E-state index in [0.29, 0.717) is 6.54 Å². The summed E-state index contributed by atoms with van der Waals surface area (Å²) in [5, 5.41) is 9.36. The van der Waals surface area contributed by atoms with Crippen LogP contribution in [0.3, 0.4) is 0 Å². The van der Waals surface area contributed by atoms with Gasteiger partial charge in [0.15, 0.2) is 0 Å². The molecule has 5 nitrogen and oxygen atoms in total. The number of carboxylic acids is 1. The second kappa shape index (κ2) is 3.60. The fraction of sp³-hybridized carbons (Fsp3) is 0.714. The van der Waals surface area contributed by atoms with Crippen LogP contribution in [0.25, 0.3) is 0 Å². The number of ether oxygens (including phenoxy) is 1. The first-order valence-electron chi connectivity index (χ1n) is 7.03. The van der Waals surface area contributed by atoms with E-state index in [1.165, 1.54) is 0 Å². The number of hydrogen-bond acceptors (Lipinski definition) is 3. The zero-order valence-corrected chi connectivity index (χ0v) is 10.6. The Labute approximate surface area is 111 Å². The van der Waals surface area contributed by atoms with Crippen LogP contribution in [0.15, 0.2) is 12.2 Å². The number of fused-ring (bicyclic) bond motifs is 1. The molecule has 0 unspecified atom stereocenters. The molecule has 0 aromatic heterocycles. The monoisotopic (exact) mass is 263 g/mol. The van der Waals surface area contributed by atoms with E-state index in [-0.39, 0.29) is 11.9 Å². The van der Waals surface area contributed by atoms with Crippen LogP contribution in [0.4, 0.5) is 0 Å². The Morgan fingerprint density at radius 2 is 2.16 bits per heavy atom. The first-order chi connectivity index (χ1) is 9.12. The van der Waals surface area contributed by atoms with Crippen LogP contribution < -0.4 is 0 Å². The van der Waals surface area contributed by atoms with Crippen molar-refractivity contribution in [1.29, 1.82) is 0 Å². The largest absolute Gasteiger partial charge is 0.481 e. The smallest absolute Gasteiger partial charge is 0.310 e. The summed E-state index contributed by atoms with van der Waals surface area (Å²) in [4.78, 5) is 25.9. The normalized spacial score (nSPS) is 44.3. The summed E-state index contributed by atoms with van der Waals surface area (Å²) in [5.41, 5.74) is -0.659. The number of carbonyl (C=O) groups is 2. The Morgan fingerprint density at radius 1 is 1.42 bits per heavy atom. The van der Waals surface area contributed by atoms with Gasteiger partial charge in [0.2, 0.25) is 5.91 Å². The summed E-state index contributed by atoms with van der Waals surface area (Å²) in [6.45, 7) is 0.540. The predicted molar refractivity (Wildman–Crippen MR) is 65.3 cm³/mol. The van der Waals surface area contributed by atoms with Crippen molar-refractivity contribution >= 4 is 11.9 Å². The number of carbonyl (C=O) groups excluding carboxylic acids is 1. The van der Waals surface area contributed by atoms with Gasteiger partial charge in [-0.1, -0.05) is 25.0 Å². The van der Waals surface area contributed by atoms with Gasteiger partial charge in [-0.3, -0.25) is 9.59 Å². The van der Waals surface area contributed by atoms with Crippen LogP contribution in [0, 0.1) is 11.8 Å². The third-order valence-electron chi connectivity index (χ3n) is 5.18.